The van der Waals surface area contributed by atoms with Crippen LogP contribution in [0, 0.1) is 0 Å². The fourth-order valence-electron chi connectivity index (χ4n) is 3.05. The Bertz CT molecular complexity index is 1150. The summed E-state index contributed by atoms with van der Waals surface area (Å²) in [6.07, 6.45) is 3.18. The zero-order chi connectivity index (χ0) is 23.6. The molecule has 0 fully saturated rings. The van der Waals surface area contributed by atoms with Crippen LogP contribution in [-0.4, -0.2) is 25.0 Å². The molecule has 0 bridgehead atoms. The van der Waals surface area contributed by atoms with E-state index in [2.05, 4.69) is 26.6 Å². The maximum Gasteiger partial charge on any atom is 0.256 e. The highest BCUT2D eigenvalue weighted by atomic mass is 79.9. The molecule has 0 aliphatic heterocycles. The number of nitrogens with one attached hydrogen (secondary N) is 2. The highest BCUT2D eigenvalue weighted by molar-refractivity contribution is 9.10. The van der Waals surface area contributed by atoms with Gasteiger partial charge in [0, 0.05) is 22.7 Å². The van der Waals surface area contributed by atoms with Gasteiger partial charge in [-0.05, 0) is 53.5 Å². The maximum absolute atomic E-state index is 12.8. The molecule has 3 rings (SSSR count). The molecule has 2 N–H and O–H groups in total. The third kappa shape index (κ3) is 6.70. The Balaban J connectivity index is 1.87. The standard InChI is InChI=1S/C26H25BrN2O4/c1-3-32-23-17-22(29-26(31)19-12-8-9-13-20(19)27)24(33-4-2)16-21(23)28-25(30)15-14-18-10-6-5-7-11-18/h5-17H,3-4H2,1-2H3,(H,28,30)(H,29,31). The number of amides is 2. The summed E-state index contributed by atoms with van der Waals surface area (Å²) in [6.45, 7) is 4.45. The predicted molar refractivity (Wildman–Crippen MR) is 135 cm³/mol. The van der Waals surface area contributed by atoms with E-state index in [1.54, 1.807) is 36.4 Å². The molecular formula is C26H25BrN2O4. The van der Waals surface area contributed by atoms with Gasteiger partial charge in [0.05, 0.1) is 30.2 Å². The van der Waals surface area contributed by atoms with Crippen LogP contribution >= 0.6 is 15.9 Å². The highest BCUT2D eigenvalue weighted by Gasteiger charge is 2.17. The lowest BCUT2D eigenvalue weighted by molar-refractivity contribution is -0.111. The van der Waals surface area contributed by atoms with Crippen molar-refractivity contribution in [1.82, 2.24) is 0 Å². The van der Waals surface area contributed by atoms with E-state index in [-0.39, 0.29) is 11.8 Å². The number of ether oxygens (including phenoxy) is 2. The van der Waals surface area contributed by atoms with Gasteiger partial charge in [0.2, 0.25) is 5.91 Å². The lowest BCUT2D eigenvalue weighted by Gasteiger charge is -2.17. The molecule has 0 radical (unpaired) electrons. The van der Waals surface area contributed by atoms with Gasteiger partial charge >= 0.3 is 0 Å². The van der Waals surface area contributed by atoms with Crippen molar-refractivity contribution in [3.8, 4) is 11.5 Å². The summed E-state index contributed by atoms with van der Waals surface area (Å²) in [7, 11) is 0. The van der Waals surface area contributed by atoms with Gasteiger partial charge in [-0.25, -0.2) is 0 Å². The molecule has 170 valence electrons. The fourth-order valence-corrected chi connectivity index (χ4v) is 3.52. The number of hydrogen-bond acceptors (Lipinski definition) is 4. The number of halogens is 1. The number of benzene rings is 3. The second-order valence-corrected chi connectivity index (χ2v) is 7.73. The van der Waals surface area contributed by atoms with E-state index in [0.717, 1.165) is 5.56 Å². The molecule has 3 aromatic rings. The SMILES string of the molecule is CCOc1cc(NC(=O)c2ccccc2Br)c(OCC)cc1NC(=O)C=Cc1ccccc1. The number of hydrogen-bond donors (Lipinski definition) is 2. The number of anilines is 2. The van der Waals surface area contributed by atoms with Crippen molar-refractivity contribution in [3.05, 3.63) is 88.4 Å². The molecule has 0 aliphatic rings. The van der Waals surface area contributed by atoms with Gasteiger partial charge in [-0.2, -0.15) is 0 Å². The van der Waals surface area contributed by atoms with E-state index in [1.165, 1.54) is 6.08 Å². The van der Waals surface area contributed by atoms with Crippen LogP contribution in [0.25, 0.3) is 6.08 Å². The van der Waals surface area contributed by atoms with Crippen LogP contribution in [0.4, 0.5) is 11.4 Å². The third-order valence-corrected chi connectivity index (χ3v) is 5.22. The highest BCUT2D eigenvalue weighted by Crippen LogP contribution is 2.37. The van der Waals surface area contributed by atoms with E-state index >= 15 is 0 Å². The van der Waals surface area contributed by atoms with E-state index in [1.807, 2.05) is 50.2 Å². The molecule has 0 saturated heterocycles. The van der Waals surface area contributed by atoms with Crippen molar-refractivity contribution in [3.63, 3.8) is 0 Å². The minimum Gasteiger partial charge on any atom is -0.492 e. The second-order valence-electron chi connectivity index (χ2n) is 6.88. The Labute approximate surface area is 201 Å². The van der Waals surface area contributed by atoms with Crippen LogP contribution in [0.15, 0.2) is 77.3 Å². The molecule has 0 aliphatic carbocycles. The molecule has 0 heterocycles. The molecule has 0 saturated carbocycles. The summed E-state index contributed by atoms with van der Waals surface area (Å²) in [5, 5.41) is 5.71. The van der Waals surface area contributed by atoms with Crippen LogP contribution in [0.1, 0.15) is 29.8 Å². The lowest BCUT2D eigenvalue weighted by atomic mass is 10.2. The first-order valence-corrected chi connectivity index (χ1v) is 11.3. The molecule has 0 atom stereocenters. The monoisotopic (exact) mass is 508 g/mol. The molecule has 0 unspecified atom stereocenters. The smallest absolute Gasteiger partial charge is 0.256 e. The van der Waals surface area contributed by atoms with E-state index < -0.39 is 0 Å². The van der Waals surface area contributed by atoms with Crippen molar-refractivity contribution in [2.75, 3.05) is 23.8 Å². The summed E-state index contributed by atoms with van der Waals surface area (Å²) >= 11 is 3.40. The summed E-state index contributed by atoms with van der Waals surface area (Å²) in [6, 6.07) is 20.0. The molecule has 7 heteroatoms. The Hall–Kier alpha value is -3.58. The molecule has 2 amide bonds. The zero-order valence-corrected chi connectivity index (χ0v) is 20.0. The second kappa shape index (κ2) is 11.9. The first-order chi connectivity index (χ1) is 16.0. The molecule has 0 spiro atoms. The Morgan fingerprint density at radius 3 is 2.03 bits per heavy atom. The van der Waals surface area contributed by atoms with Gasteiger partial charge in [-0.15, -0.1) is 0 Å². The molecule has 33 heavy (non-hydrogen) atoms. The maximum atomic E-state index is 12.8. The first kappa shape index (κ1) is 24.1. The summed E-state index contributed by atoms with van der Waals surface area (Å²) < 4.78 is 12.1. The van der Waals surface area contributed by atoms with E-state index in [4.69, 9.17) is 9.47 Å². The minimum atomic E-state index is -0.313. The van der Waals surface area contributed by atoms with Crippen LogP contribution in [0.3, 0.4) is 0 Å². The number of carbonyl (C=O) groups excluding carboxylic acids is 2. The molecule has 6 nitrogen and oxygen atoms in total. The Morgan fingerprint density at radius 2 is 1.42 bits per heavy atom. The average molecular weight is 509 g/mol. The van der Waals surface area contributed by atoms with Crippen molar-refractivity contribution >= 4 is 45.2 Å². The van der Waals surface area contributed by atoms with E-state index in [9.17, 15) is 9.59 Å². The van der Waals surface area contributed by atoms with Crippen LogP contribution in [0.2, 0.25) is 0 Å². The number of carbonyl (C=O) groups is 2. The summed E-state index contributed by atoms with van der Waals surface area (Å²) in [5.74, 6) is 0.231. The molecule has 3 aromatic carbocycles. The van der Waals surface area contributed by atoms with Crippen LogP contribution < -0.4 is 20.1 Å². The Kier molecular flexibility index (Phi) is 8.66. The normalized spacial score (nSPS) is 10.6. The quantitative estimate of drug-likeness (QED) is 0.339. The van der Waals surface area contributed by atoms with E-state index in [0.29, 0.717) is 46.1 Å². The van der Waals surface area contributed by atoms with Gasteiger partial charge in [-0.3, -0.25) is 9.59 Å². The van der Waals surface area contributed by atoms with Gasteiger partial charge in [0.25, 0.3) is 5.91 Å². The topological polar surface area (TPSA) is 76.7 Å². The minimum absolute atomic E-state index is 0.298. The van der Waals surface area contributed by atoms with Crippen molar-refractivity contribution in [2.24, 2.45) is 0 Å². The predicted octanol–water partition coefficient (Wildman–Crippen LogP) is 6.15. The van der Waals surface area contributed by atoms with Gasteiger partial charge < -0.3 is 20.1 Å². The zero-order valence-electron chi connectivity index (χ0n) is 18.4. The average Bonchev–Trinajstić information content (AvgIpc) is 2.81. The van der Waals surface area contributed by atoms with Crippen molar-refractivity contribution in [2.45, 2.75) is 13.8 Å². The first-order valence-electron chi connectivity index (χ1n) is 10.6. The van der Waals surface area contributed by atoms with Crippen molar-refractivity contribution < 1.29 is 19.1 Å². The lowest BCUT2D eigenvalue weighted by Crippen LogP contribution is -2.15. The largest absolute Gasteiger partial charge is 0.492 e. The van der Waals surface area contributed by atoms with Crippen LogP contribution in [0.5, 0.6) is 11.5 Å². The number of rotatable bonds is 9. The molecular weight excluding hydrogens is 484 g/mol. The summed E-state index contributed by atoms with van der Waals surface area (Å²) in [5.41, 5.74) is 2.29. The van der Waals surface area contributed by atoms with Gasteiger partial charge in [0.15, 0.2) is 0 Å². The van der Waals surface area contributed by atoms with Gasteiger partial charge in [-0.1, -0.05) is 42.5 Å². The Morgan fingerprint density at radius 1 is 0.848 bits per heavy atom. The third-order valence-electron chi connectivity index (χ3n) is 4.53. The van der Waals surface area contributed by atoms with Crippen molar-refractivity contribution in [1.29, 1.82) is 0 Å². The summed E-state index contributed by atoms with van der Waals surface area (Å²) in [4.78, 5) is 25.4. The van der Waals surface area contributed by atoms with Gasteiger partial charge in [0.1, 0.15) is 11.5 Å². The van der Waals surface area contributed by atoms with Crippen LogP contribution in [-0.2, 0) is 4.79 Å². The fraction of sp³-hybridized carbons (Fsp3) is 0.154. The molecule has 0 aromatic heterocycles.